The van der Waals surface area contributed by atoms with Crippen LogP contribution >= 0.6 is 0 Å². The zero-order valence-corrected chi connectivity index (χ0v) is 12.0. The zero-order valence-electron chi connectivity index (χ0n) is 12.0. The molecule has 3 N–H and O–H groups in total. The van der Waals surface area contributed by atoms with Crippen LogP contribution in [0.1, 0.15) is 13.8 Å². The monoisotopic (exact) mass is 272 g/mol. The van der Waals surface area contributed by atoms with Crippen LogP contribution in [0.5, 0.6) is 0 Å². The van der Waals surface area contributed by atoms with Crippen LogP contribution in [0.4, 0.5) is 11.6 Å². The summed E-state index contributed by atoms with van der Waals surface area (Å²) in [5.74, 6) is 1.69. The van der Waals surface area contributed by atoms with Crippen molar-refractivity contribution >= 4 is 11.6 Å². The van der Waals surface area contributed by atoms with E-state index in [-0.39, 0.29) is 0 Å². The highest BCUT2D eigenvalue weighted by Gasteiger charge is 2.17. The average Bonchev–Trinajstić information content (AvgIpc) is 2.37. The lowest BCUT2D eigenvalue weighted by molar-refractivity contribution is 0.0884. The summed E-state index contributed by atoms with van der Waals surface area (Å²) in [4.78, 5) is 10.6. The number of nitrogens with zero attached hydrogens (tertiary/aromatic N) is 3. The van der Waals surface area contributed by atoms with Crippen molar-refractivity contribution in [3.05, 3.63) is 36.4 Å². The van der Waals surface area contributed by atoms with Crippen LogP contribution in [0, 0.1) is 0 Å². The minimum absolute atomic E-state index is 0.413. The average molecular weight is 272 g/mol. The maximum Gasteiger partial charge on any atom is 0.163 e. The molecule has 0 fully saturated rings. The minimum Gasteiger partial charge on any atom is -0.389 e. The van der Waals surface area contributed by atoms with E-state index in [1.165, 1.54) is 0 Å². The molecule has 0 atom stereocenters. The fraction of sp³-hybridized carbons (Fsp3) is 0.333. The molecule has 1 heterocycles. The first-order chi connectivity index (χ1) is 9.35. The van der Waals surface area contributed by atoms with Crippen LogP contribution < -0.4 is 10.6 Å². The minimum atomic E-state index is -0.804. The van der Waals surface area contributed by atoms with Crippen molar-refractivity contribution in [1.29, 1.82) is 0 Å². The fourth-order valence-electron chi connectivity index (χ4n) is 2.03. The number of nitrogen functional groups attached to an aromatic ring is 1. The van der Waals surface area contributed by atoms with Gasteiger partial charge in [0.25, 0.3) is 0 Å². The van der Waals surface area contributed by atoms with E-state index < -0.39 is 5.60 Å². The molecule has 20 heavy (non-hydrogen) atoms. The fourth-order valence-corrected chi connectivity index (χ4v) is 2.03. The van der Waals surface area contributed by atoms with Crippen molar-refractivity contribution in [1.82, 2.24) is 9.97 Å². The van der Waals surface area contributed by atoms with Gasteiger partial charge in [0, 0.05) is 25.2 Å². The Hall–Kier alpha value is -2.14. The Bertz CT molecular complexity index is 578. The van der Waals surface area contributed by atoms with Crippen LogP contribution in [0.15, 0.2) is 36.4 Å². The highest BCUT2D eigenvalue weighted by atomic mass is 16.3. The zero-order chi connectivity index (χ0) is 14.8. The molecule has 1 aromatic carbocycles. The molecule has 0 bridgehead atoms. The van der Waals surface area contributed by atoms with E-state index in [2.05, 4.69) is 9.97 Å². The molecule has 0 amide bonds. The second kappa shape index (κ2) is 5.46. The Morgan fingerprint density at radius 3 is 2.45 bits per heavy atom. The van der Waals surface area contributed by atoms with Crippen molar-refractivity contribution in [3.8, 4) is 11.4 Å². The molecule has 1 aromatic heterocycles. The Balaban J connectivity index is 2.34. The molecule has 0 radical (unpaired) electrons. The van der Waals surface area contributed by atoms with Gasteiger partial charge >= 0.3 is 0 Å². The highest BCUT2D eigenvalue weighted by molar-refractivity contribution is 5.60. The Morgan fingerprint density at radius 2 is 1.85 bits per heavy atom. The molecule has 2 aromatic rings. The van der Waals surface area contributed by atoms with Crippen LogP contribution in [0.3, 0.4) is 0 Å². The summed E-state index contributed by atoms with van der Waals surface area (Å²) in [5.41, 5.74) is 5.97. The first-order valence-electron chi connectivity index (χ1n) is 6.49. The third kappa shape index (κ3) is 3.68. The molecule has 0 aliphatic carbocycles. The number of nitrogens with two attached hydrogens (primary N) is 1. The van der Waals surface area contributed by atoms with E-state index in [9.17, 15) is 5.11 Å². The smallest absolute Gasteiger partial charge is 0.163 e. The van der Waals surface area contributed by atoms with Gasteiger partial charge in [-0.1, -0.05) is 30.3 Å². The highest BCUT2D eigenvalue weighted by Crippen LogP contribution is 2.21. The van der Waals surface area contributed by atoms with Gasteiger partial charge in [-0.3, -0.25) is 0 Å². The molecule has 0 aliphatic rings. The maximum atomic E-state index is 9.89. The predicted molar refractivity (Wildman–Crippen MR) is 81.4 cm³/mol. The predicted octanol–water partition coefficient (Wildman–Crippen LogP) is 1.93. The molecule has 5 heteroatoms. The van der Waals surface area contributed by atoms with Gasteiger partial charge in [-0.05, 0) is 13.8 Å². The van der Waals surface area contributed by atoms with Gasteiger partial charge < -0.3 is 15.7 Å². The van der Waals surface area contributed by atoms with Crippen LogP contribution in [0.2, 0.25) is 0 Å². The first kappa shape index (κ1) is 14.3. The molecule has 2 rings (SSSR count). The standard InChI is InChI=1S/C15H20N4O/c1-15(2,20)10-19(3)13-9-12(16)17-14(18-13)11-7-5-4-6-8-11/h4-9,20H,10H2,1-3H3,(H2,16,17,18). The second-order valence-corrected chi connectivity index (χ2v) is 5.51. The lowest BCUT2D eigenvalue weighted by Gasteiger charge is -2.26. The molecular formula is C15H20N4O. The SMILES string of the molecule is CN(CC(C)(C)O)c1cc(N)nc(-c2ccccc2)n1. The van der Waals surface area contributed by atoms with E-state index in [1.54, 1.807) is 19.9 Å². The van der Waals surface area contributed by atoms with Crippen molar-refractivity contribution in [2.45, 2.75) is 19.4 Å². The van der Waals surface area contributed by atoms with Gasteiger partial charge in [-0.25, -0.2) is 9.97 Å². The molecule has 0 saturated heterocycles. The van der Waals surface area contributed by atoms with Crippen LogP contribution in [-0.2, 0) is 0 Å². The van der Waals surface area contributed by atoms with E-state index in [0.29, 0.717) is 24.0 Å². The number of anilines is 2. The maximum absolute atomic E-state index is 9.89. The Kier molecular flexibility index (Phi) is 3.90. The lowest BCUT2D eigenvalue weighted by Crippen LogP contribution is -2.36. The summed E-state index contributed by atoms with van der Waals surface area (Å²) in [7, 11) is 1.87. The van der Waals surface area contributed by atoms with Gasteiger partial charge in [0.1, 0.15) is 11.6 Å². The van der Waals surface area contributed by atoms with E-state index >= 15 is 0 Å². The first-order valence-corrected chi connectivity index (χ1v) is 6.49. The van der Waals surface area contributed by atoms with Crippen molar-refractivity contribution in [3.63, 3.8) is 0 Å². The lowest BCUT2D eigenvalue weighted by atomic mass is 10.1. The molecule has 0 saturated carbocycles. The summed E-state index contributed by atoms with van der Waals surface area (Å²) < 4.78 is 0. The molecule has 5 nitrogen and oxygen atoms in total. The van der Waals surface area contributed by atoms with Gasteiger partial charge in [0.15, 0.2) is 5.82 Å². The quantitative estimate of drug-likeness (QED) is 0.889. The largest absolute Gasteiger partial charge is 0.389 e. The third-order valence-corrected chi connectivity index (χ3v) is 2.78. The summed E-state index contributed by atoms with van der Waals surface area (Å²) >= 11 is 0. The second-order valence-electron chi connectivity index (χ2n) is 5.51. The van der Waals surface area contributed by atoms with Gasteiger partial charge in [-0.15, -0.1) is 0 Å². The molecule has 106 valence electrons. The van der Waals surface area contributed by atoms with E-state index in [1.807, 2.05) is 42.3 Å². The van der Waals surface area contributed by atoms with E-state index in [0.717, 1.165) is 5.56 Å². The van der Waals surface area contributed by atoms with Gasteiger partial charge in [0.05, 0.1) is 5.60 Å². The summed E-state index contributed by atoms with van der Waals surface area (Å²) in [5, 5.41) is 9.89. The molecule has 0 aliphatic heterocycles. The normalized spacial score (nSPS) is 11.4. The number of benzene rings is 1. The topological polar surface area (TPSA) is 75.3 Å². The molecule has 0 spiro atoms. The Labute approximate surface area is 119 Å². The number of aromatic nitrogens is 2. The van der Waals surface area contributed by atoms with Crippen LogP contribution in [-0.4, -0.2) is 34.3 Å². The molecule has 0 unspecified atom stereocenters. The van der Waals surface area contributed by atoms with E-state index in [4.69, 9.17) is 5.73 Å². The van der Waals surface area contributed by atoms with Crippen molar-refractivity contribution in [2.75, 3.05) is 24.2 Å². The Morgan fingerprint density at radius 1 is 1.20 bits per heavy atom. The summed E-state index contributed by atoms with van der Waals surface area (Å²) in [6.07, 6.45) is 0. The third-order valence-electron chi connectivity index (χ3n) is 2.78. The number of likely N-dealkylation sites (N-methyl/N-ethyl adjacent to an activating group) is 1. The van der Waals surface area contributed by atoms with Crippen molar-refractivity contribution in [2.24, 2.45) is 0 Å². The van der Waals surface area contributed by atoms with Gasteiger partial charge in [-0.2, -0.15) is 0 Å². The van der Waals surface area contributed by atoms with Crippen LogP contribution in [0.25, 0.3) is 11.4 Å². The van der Waals surface area contributed by atoms with Gasteiger partial charge in [0.2, 0.25) is 0 Å². The molecular weight excluding hydrogens is 252 g/mol. The number of rotatable bonds is 4. The number of aliphatic hydroxyl groups is 1. The number of hydrogen-bond acceptors (Lipinski definition) is 5. The summed E-state index contributed by atoms with van der Waals surface area (Å²) in [6, 6.07) is 11.4. The van der Waals surface area contributed by atoms with Crippen molar-refractivity contribution < 1.29 is 5.11 Å². The number of hydrogen-bond donors (Lipinski definition) is 2. The summed E-state index contributed by atoms with van der Waals surface area (Å²) in [6.45, 7) is 3.97.